The number of aliphatic carboxylic acids is 1. The minimum Gasteiger partial charge on any atom is -0.481 e. The molecule has 0 aliphatic carbocycles. The van der Waals surface area contributed by atoms with Crippen molar-refractivity contribution in [2.24, 2.45) is 0 Å². The van der Waals surface area contributed by atoms with Crippen molar-refractivity contribution in [3.8, 4) is 5.75 Å². The van der Waals surface area contributed by atoms with Crippen molar-refractivity contribution in [3.63, 3.8) is 0 Å². The maximum absolute atomic E-state index is 12.2. The zero-order valence-corrected chi connectivity index (χ0v) is 8.94. The molecule has 0 atom stereocenters. The Morgan fingerprint density at radius 3 is 2.65 bits per heavy atom. The van der Waals surface area contributed by atoms with Crippen LogP contribution < -0.4 is 4.74 Å². The first kappa shape index (κ1) is 13.1. The molecule has 1 aromatic rings. The highest BCUT2D eigenvalue weighted by atomic mass is 19.3. The van der Waals surface area contributed by atoms with Crippen molar-refractivity contribution in [3.05, 3.63) is 28.8 Å². The molecule has 0 bridgehead atoms. The largest absolute Gasteiger partial charge is 0.481 e. The van der Waals surface area contributed by atoms with E-state index >= 15 is 0 Å². The number of halogens is 2. The number of hydrogen-bond donors (Lipinski definition) is 1. The van der Waals surface area contributed by atoms with Gasteiger partial charge in [-0.25, -0.2) is 0 Å². The molecule has 0 aliphatic rings. The highest BCUT2D eigenvalue weighted by Crippen LogP contribution is 2.27. The Hall–Kier alpha value is -1.98. The van der Waals surface area contributed by atoms with Gasteiger partial charge in [0.05, 0.1) is 12.0 Å². The Balaban J connectivity index is 3.21. The number of alkyl halides is 2. The molecule has 0 unspecified atom stereocenters. The molecule has 6 heteroatoms. The van der Waals surface area contributed by atoms with Crippen molar-refractivity contribution in [2.75, 3.05) is 0 Å². The van der Waals surface area contributed by atoms with Crippen LogP contribution in [0.4, 0.5) is 8.78 Å². The monoisotopic (exact) mass is 244 g/mol. The van der Waals surface area contributed by atoms with Gasteiger partial charge in [0.15, 0.2) is 6.29 Å². The molecule has 1 rings (SSSR count). The van der Waals surface area contributed by atoms with Crippen LogP contribution in [0, 0.1) is 6.92 Å². The fourth-order valence-corrected chi connectivity index (χ4v) is 1.45. The molecule has 0 aromatic heterocycles. The first-order valence-corrected chi connectivity index (χ1v) is 4.70. The average Bonchev–Trinajstić information content (AvgIpc) is 2.23. The molecule has 0 amide bonds. The summed E-state index contributed by atoms with van der Waals surface area (Å²) < 4.78 is 28.5. The molecule has 0 radical (unpaired) electrons. The number of hydrogen-bond acceptors (Lipinski definition) is 3. The van der Waals surface area contributed by atoms with E-state index in [4.69, 9.17) is 5.11 Å². The van der Waals surface area contributed by atoms with Crippen LogP contribution in [0.3, 0.4) is 0 Å². The van der Waals surface area contributed by atoms with Crippen molar-refractivity contribution in [1.29, 1.82) is 0 Å². The Morgan fingerprint density at radius 1 is 1.53 bits per heavy atom. The summed E-state index contributed by atoms with van der Waals surface area (Å²) in [5.41, 5.74) is 0.535. The molecule has 0 heterocycles. The van der Waals surface area contributed by atoms with Crippen LogP contribution in [-0.4, -0.2) is 24.0 Å². The van der Waals surface area contributed by atoms with Crippen molar-refractivity contribution in [1.82, 2.24) is 0 Å². The van der Waals surface area contributed by atoms with Crippen molar-refractivity contribution >= 4 is 12.3 Å². The van der Waals surface area contributed by atoms with E-state index in [9.17, 15) is 18.4 Å². The third-order valence-corrected chi connectivity index (χ3v) is 2.22. The number of carbonyl (C=O) groups is 2. The van der Waals surface area contributed by atoms with E-state index in [1.807, 2.05) is 0 Å². The molecule has 0 saturated heterocycles. The van der Waals surface area contributed by atoms with Gasteiger partial charge in [-0.3, -0.25) is 9.59 Å². The van der Waals surface area contributed by atoms with E-state index < -0.39 is 12.6 Å². The smallest absolute Gasteiger partial charge is 0.387 e. The molecule has 1 N–H and O–H groups in total. The Bertz CT molecular complexity index is 443. The molecular formula is C11H10F2O4. The van der Waals surface area contributed by atoms with Gasteiger partial charge in [-0.15, -0.1) is 0 Å². The lowest BCUT2D eigenvalue weighted by atomic mass is 10.0. The summed E-state index contributed by atoms with van der Waals surface area (Å²) in [6, 6.07) is 2.67. The highest BCUT2D eigenvalue weighted by molar-refractivity contribution is 5.81. The van der Waals surface area contributed by atoms with Crippen LogP contribution in [-0.2, 0) is 11.2 Å². The number of carboxylic acid groups (broad SMARTS) is 1. The van der Waals surface area contributed by atoms with Crippen LogP contribution in [0.1, 0.15) is 21.5 Å². The number of rotatable bonds is 5. The molecule has 17 heavy (non-hydrogen) atoms. The number of carbonyl (C=O) groups excluding carboxylic acids is 1. The Kier molecular flexibility index (Phi) is 4.14. The predicted molar refractivity (Wildman–Crippen MR) is 54.5 cm³/mol. The van der Waals surface area contributed by atoms with Crippen LogP contribution in [0.5, 0.6) is 5.75 Å². The first-order chi connectivity index (χ1) is 7.95. The van der Waals surface area contributed by atoms with E-state index in [-0.39, 0.29) is 23.3 Å². The zero-order chi connectivity index (χ0) is 13.0. The summed E-state index contributed by atoms with van der Waals surface area (Å²) in [7, 11) is 0. The second-order valence-electron chi connectivity index (χ2n) is 3.33. The molecule has 1 aromatic carbocycles. The Morgan fingerprint density at radius 2 is 2.18 bits per heavy atom. The lowest BCUT2D eigenvalue weighted by molar-refractivity contribution is -0.136. The zero-order valence-electron chi connectivity index (χ0n) is 8.94. The van der Waals surface area contributed by atoms with Crippen molar-refractivity contribution < 1.29 is 28.2 Å². The van der Waals surface area contributed by atoms with Gasteiger partial charge < -0.3 is 9.84 Å². The molecule has 0 fully saturated rings. The molecule has 92 valence electrons. The quantitative estimate of drug-likeness (QED) is 0.805. The number of aldehydes is 1. The van der Waals surface area contributed by atoms with Gasteiger partial charge in [0.25, 0.3) is 0 Å². The molecule has 0 saturated carbocycles. The van der Waals surface area contributed by atoms with E-state index in [0.717, 1.165) is 0 Å². The van der Waals surface area contributed by atoms with Gasteiger partial charge in [-0.05, 0) is 24.1 Å². The maximum atomic E-state index is 12.2. The number of ether oxygens (including phenoxy) is 1. The normalized spacial score (nSPS) is 10.4. The summed E-state index contributed by atoms with van der Waals surface area (Å²) in [4.78, 5) is 21.2. The standard InChI is InChI=1S/C11H10F2O4/c1-6-7(4-9(15)16)2-3-8(5-14)10(6)17-11(12)13/h2-3,5,11H,4H2,1H3,(H,15,16). The number of carboxylic acids is 1. The van der Waals surface area contributed by atoms with Gasteiger partial charge in [-0.2, -0.15) is 8.78 Å². The van der Waals surface area contributed by atoms with E-state index in [2.05, 4.69) is 4.74 Å². The van der Waals surface area contributed by atoms with Crippen molar-refractivity contribution in [2.45, 2.75) is 20.0 Å². The highest BCUT2D eigenvalue weighted by Gasteiger charge is 2.16. The Labute approximate surface area is 95.8 Å². The first-order valence-electron chi connectivity index (χ1n) is 4.70. The SMILES string of the molecule is Cc1c(CC(=O)O)ccc(C=O)c1OC(F)F. The second-order valence-corrected chi connectivity index (χ2v) is 3.33. The molecule has 0 spiro atoms. The van der Waals surface area contributed by atoms with Crippen LogP contribution >= 0.6 is 0 Å². The fraction of sp³-hybridized carbons (Fsp3) is 0.273. The van der Waals surface area contributed by atoms with Gasteiger partial charge in [-0.1, -0.05) is 6.07 Å². The topological polar surface area (TPSA) is 63.6 Å². The second kappa shape index (κ2) is 5.38. The predicted octanol–water partition coefficient (Wildman–Crippen LogP) is 2.04. The van der Waals surface area contributed by atoms with Crippen LogP contribution in [0.25, 0.3) is 0 Å². The molecule has 0 aliphatic heterocycles. The minimum atomic E-state index is -3.06. The summed E-state index contributed by atoms with van der Waals surface area (Å²) in [6.45, 7) is -1.63. The summed E-state index contributed by atoms with van der Waals surface area (Å²) in [5.74, 6) is -1.36. The van der Waals surface area contributed by atoms with Crippen LogP contribution in [0.15, 0.2) is 12.1 Å². The summed E-state index contributed by atoms with van der Waals surface area (Å²) in [6.07, 6.45) is 0.0693. The number of benzene rings is 1. The minimum absolute atomic E-state index is 0.0306. The third kappa shape index (κ3) is 3.24. The van der Waals surface area contributed by atoms with Gasteiger partial charge >= 0.3 is 12.6 Å². The lowest BCUT2D eigenvalue weighted by Gasteiger charge is -2.13. The summed E-state index contributed by atoms with van der Waals surface area (Å²) in [5, 5.41) is 8.63. The fourth-order valence-electron chi connectivity index (χ4n) is 1.45. The van der Waals surface area contributed by atoms with Crippen LogP contribution in [0.2, 0.25) is 0 Å². The molecular weight excluding hydrogens is 234 g/mol. The van der Waals surface area contributed by atoms with Gasteiger partial charge in [0, 0.05) is 0 Å². The van der Waals surface area contributed by atoms with Gasteiger partial charge in [0.1, 0.15) is 5.75 Å². The molecule has 4 nitrogen and oxygen atoms in total. The van der Waals surface area contributed by atoms with E-state index in [1.54, 1.807) is 0 Å². The third-order valence-electron chi connectivity index (χ3n) is 2.22. The lowest BCUT2D eigenvalue weighted by Crippen LogP contribution is -2.09. The average molecular weight is 244 g/mol. The maximum Gasteiger partial charge on any atom is 0.387 e. The van der Waals surface area contributed by atoms with Gasteiger partial charge in [0.2, 0.25) is 0 Å². The van der Waals surface area contributed by atoms with E-state index in [1.165, 1.54) is 19.1 Å². The van der Waals surface area contributed by atoms with E-state index in [0.29, 0.717) is 11.8 Å². The summed E-state index contributed by atoms with van der Waals surface area (Å²) >= 11 is 0.